The molecule has 13 heteroatoms. The number of carbonyl (C=O) groups is 2. The highest BCUT2D eigenvalue weighted by atomic mass is 35.5. The van der Waals surface area contributed by atoms with Gasteiger partial charge in [0.05, 0.1) is 31.0 Å². The highest BCUT2D eigenvalue weighted by molar-refractivity contribution is 7.93. The minimum atomic E-state index is -4.32. The number of amides is 1. The smallest absolute Gasteiger partial charge is 0.331 e. The number of aliphatic hydroxyl groups excluding tert-OH is 1. The number of phenolic OH excluding ortho intramolecular Hbond substituents is 1. The van der Waals surface area contributed by atoms with Crippen LogP contribution in [0.25, 0.3) is 0 Å². The second-order valence-electron chi connectivity index (χ2n) is 9.74. The summed E-state index contributed by atoms with van der Waals surface area (Å²) < 4.78 is 33.3. The standard InChI is InChI=1S/C29H31Cl2N3O7S/c1-2-41-29(38)26(17-35)32-27(37)18-42(39,40)34(23-4-3-5-25(36)14-23)24-15-33(16-24)28(19-6-10-21(30)11-7-19)20-8-12-22(31)13-9-20/h3-14,24,26,28,35-36H,2,15-18H2,1H3,(H,32,37). The summed E-state index contributed by atoms with van der Waals surface area (Å²) >= 11 is 12.2. The lowest BCUT2D eigenvalue weighted by Crippen LogP contribution is -2.62. The highest BCUT2D eigenvalue weighted by Gasteiger charge is 2.42. The number of nitrogens with one attached hydrogen (secondary N) is 1. The fourth-order valence-electron chi connectivity index (χ4n) is 4.87. The van der Waals surface area contributed by atoms with Crippen molar-refractivity contribution in [2.75, 3.05) is 36.4 Å². The number of nitrogens with zero attached hydrogens (tertiary/aromatic N) is 2. The number of hydrogen-bond donors (Lipinski definition) is 3. The van der Waals surface area contributed by atoms with Gasteiger partial charge in [-0.1, -0.05) is 53.5 Å². The lowest BCUT2D eigenvalue weighted by Gasteiger charge is -2.49. The summed E-state index contributed by atoms with van der Waals surface area (Å²) in [5.74, 6) is -2.99. The van der Waals surface area contributed by atoms with Crippen LogP contribution in [0.2, 0.25) is 10.0 Å². The molecule has 0 saturated carbocycles. The lowest BCUT2D eigenvalue weighted by molar-refractivity contribution is -0.148. The third kappa shape index (κ3) is 7.53. The number of carbonyl (C=O) groups excluding carboxylic acids is 2. The third-order valence-electron chi connectivity index (χ3n) is 6.75. The topological polar surface area (TPSA) is 136 Å². The molecule has 1 aliphatic heterocycles. The summed E-state index contributed by atoms with van der Waals surface area (Å²) in [7, 11) is -4.32. The van der Waals surface area contributed by atoms with E-state index in [4.69, 9.17) is 27.9 Å². The Morgan fingerprint density at radius 1 is 1.02 bits per heavy atom. The molecular formula is C29H31Cl2N3O7S. The Labute approximate surface area is 254 Å². The Balaban J connectivity index is 1.59. The average molecular weight is 637 g/mol. The highest BCUT2D eigenvalue weighted by Crippen LogP contribution is 2.37. The van der Waals surface area contributed by atoms with Crippen LogP contribution in [0.1, 0.15) is 24.1 Å². The van der Waals surface area contributed by atoms with E-state index >= 15 is 0 Å². The molecule has 3 aromatic carbocycles. The number of likely N-dealkylation sites (tertiary alicyclic amines) is 1. The Morgan fingerprint density at radius 3 is 2.10 bits per heavy atom. The fraction of sp³-hybridized carbons (Fsp3) is 0.310. The minimum Gasteiger partial charge on any atom is -0.508 e. The van der Waals surface area contributed by atoms with Gasteiger partial charge in [0.25, 0.3) is 0 Å². The molecule has 42 heavy (non-hydrogen) atoms. The van der Waals surface area contributed by atoms with Crippen molar-refractivity contribution in [2.45, 2.75) is 25.0 Å². The van der Waals surface area contributed by atoms with E-state index in [1.165, 1.54) is 24.3 Å². The van der Waals surface area contributed by atoms with Crippen LogP contribution < -0.4 is 9.62 Å². The van der Waals surface area contributed by atoms with Gasteiger partial charge in [-0.3, -0.25) is 14.0 Å². The first-order valence-corrected chi connectivity index (χ1v) is 15.5. The number of anilines is 1. The monoisotopic (exact) mass is 635 g/mol. The maximum absolute atomic E-state index is 13.7. The van der Waals surface area contributed by atoms with Crippen LogP contribution in [0.5, 0.6) is 5.75 Å². The van der Waals surface area contributed by atoms with E-state index in [2.05, 4.69) is 10.2 Å². The third-order valence-corrected chi connectivity index (χ3v) is 8.98. The van der Waals surface area contributed by atoms with Crippen molar-refractivity contribution in [1.29, 1.82) is 0 Å². The van der Waals surface area contributed by atoms with Crippen molar-refractivity contribution in [3.05, 3.63) is 94.0 Å². The zero-order valence-corrected chi connectivity index (χ0v) is 25.0. The molecule has 1 heterocycles. The number of rotatable bonds is 12. The van der Waals surface area contributed by atoms with Gasteiger partial charge < -0.3 is 20.3 Å². The van der Waals surface area contributed by atoms with E-state index < -0.39 is 46.3 Å². The molecule has 0 spiro atoms. The van der Waals surface area contributed by atoms with Crippen molar-refractivity contribution >= 4 is 50.8 Å². The molecule has 10 nitrogen and oxygen atoms in total. The fourth-order valence-corrected chi connectivity index (χ4v) is 6.70. The van der Waals surface area contributed by atoms with Crippen molar-refractivity contribution in [1.82, 2.24) is 10.2 Å². The molecule has 1 fully saturated rings. The molecule has 1 aliphatic rings. The molecule has 1 amide bonds. The van der Waals surface area contributed by atoms with E-state index in [0.29, 0.717) is 23.1 Å². The number of hydrogen-bond acceptors (Lipinski definition) is 8. The van der Waals surface area contributed by atoms with Gasteiger partial charge in [-0.2, -0.15) is 0 Å². The van der Waals surface area contributed by atoms with Crippen LogP contribution in [0.4, 0.5) is 5.69 Å². The molecule has 1 saturated heterocycles. The number of halogens is 2. The first-order chi connectivity index (χ1) is 20.0. The Hall–Kier alpha value is -3.35. The molecule has 1 atom stereocenters. The maximum Gasteiger partial charge on any atom is 0.331 e. The normalized spacial score (nSPS) is 14.7. The number of sulfonamides is 1. The molecule has 3 aromatic rings. The molecular weight excluding hydrogens is 605 g/mol. The first-order valence-electron chi connectivity index (χ1n) is 13.2. The molecule has 1 unspecified atom stereocenters. The van der Waals surface area contributed by atoms with Gasteiger partial charge in [-0.05, 0) is 54.4 Å². The maximum atomic E-state index is 13.7. The van der Waals surface area contributed by atoms with Crippen LogP contribution in [0, 0.1) is 0 Å². The summed E-state index contributed by atoms with van der Waals surface area (Å²) in [4.78, 5) is 26.8. The number of benzene rings is 3. The summed E-state index contributed by atoms with van der Waals surface area (Å²) in [5, 5.41) is 23.0. The van der Waals surface area contributed by atoms with E-state index in [1.54, 1.807) is 31.2 Å². The molecule has 0 radical (unpaired) electrons. The summed E-state index contributed by atoms with van der Waals surface area (Å²) in [5.41, 5.74) is 2.08. The van der Waals surface area contributed by atoms with Crippen molar-refractivity contribution in [2.24, 2.45) is 0 Å². The van der Waals surface area contributed by atoms with Crippen molar-refractivity contribution < 1.29 is 33.0 Å². The van der Waals surface area contributed by atoms with Gasteiger partial charge in [0.1, 0.15) is 11.5 Å². The SMILES string of the molecule is CCOC(=O)C(CO)NC(=O)CS(=O)(=O)N(c1cccc(O)c1)C1CN(C(c2ccc(Cl)cc2)c2ccc(Cl)cc2)C1. The minimum absolute atomic E-state index is 0.0278. The van der Waals surface area contributed by atoms with Crippen LogP contribution in [-0.4, -0.2) is 79.5 Å². The Morgan fingerprint density at radius 2 is 1.60 bits per heavy atom. The van der Waals surface area contributed by atoms with Gasteiger partial charge in [0.15, 0.2) is 6.04 Å². The molecule has 0 aliphatic carbocycles. The number of ether oxygens (including phenoxy) is 1. The summed E-state index contributed by atoms with van der Waals surface area (Å²) in [6.07, 6.45) is 0. The van der Waals surface area contributed by atoms with Gasteiger partial charge >= 0.3 is 5.97 Å². The van der Waals surface area contributed by atoms with E-state index in [9.17, 15) is 28.2 Å². The van der Waals surface area contributed by atoms with E-state index in [0.717, 1.165) is 15.4 Å². The van der Waals surface area contributed by atoms with Gasteiger partial charge in [0.2, 0.25) is 15.9 Å². The van der Waals surface area contributed by atoms with Crippen LogP contribution >= 0.6 is 23.2 Å². The second kappa shape index (κ2) is 13.7. The molecule has 0 aromatic heterocycles. The zero-order valence-electron chi connectivity index (χ0n) is 22.7. The predicted octanol–water partition coefficient (Wildman–Crippen LogP) is 3.35. The van der Waals surface area contributed by atoms with Crippen LogP contribution in [-0.2, 0) is 24.3 Å². The summed E-state index contributed by atoms with van der Waals surface area (Å²) in [6, 6.07) is 18.3. The van der Waals surface area contributed by atoms with Gasteiger partial charge in [0, 0.05) is 29.2 Å². The van der Waals surface area contributed by atoms with Gasteiger partial charge in [-0.25, -0.2) is 13.2 Å². The average Bonchev–Trinajstić information content (AvgIpc) is 2.92. The lowest BCUT2D eigenvalue weighted by atomic mass is 9.93. The second-order valence-corrected chi connectivity index (χ2v) is 12.5. The molecule has 224 valence electrons. The molecule has 3 N–H and O–H groups in total. The van der Waals surface area contributed by atoms with E-state index in [-0.39, 0.29) is 24.1 Å². The molecule has 0 bridgehead atoms. The largest absolute Gasteiger partial charge is 0.508 e. The number of esters is 1. The Kier molecular flexibility index (Phi) is 10.3. The van der Waals surface area contributed by atoms with Crippen LogP contribution in [0.3, 0.4) is 0 Å². The van der Waals surface area contributed by atoms with Gasteiger partial charge in [-0.15, -0.1) is 0 Å². The van der Waals surface area contributed by atoms with Crippen LogP contribution in [0.15, 0.2) is 72.8 Å². The first kappa shape index (κ1) is 31.6. The Bertz CT molecular complexity index is 1450. The predicted molar refractivity (Wildman–Crippen MR) is 160 cm³/mol. The number of aliphatic hydroxyl groups is 1. The quantitative estimate of drug-likeness (QED) is 0.258. The number of aromatic hydroxyl groups is 1. The van der Waals surface area contributed by atoms with Crippen molar-refractivity contribution in [3.8, 4) is 5.75 Å². The zero-order chi connectivity index (χ0) is 30.4. The van der Waals surface area contributed by atoms with E-state index in [1.807, 2.05) is 24.3 Å². The number of phenols is 1. The van der Waals surface area contributed by atoms with Crippen molar-refractivity contribution in [3.63, 3.8) is 0 Å². The summed E-state index contributed by atoms with van der Waals surface area (Å²) in [6.45, 7) is 1.44. The molecule has 4 rings (SSSR count).